The van der Waals surface area contributed by atoms with Gasteiger partial charge in [0, 0.05) is 53.9 Å². The lowest BCUT2D eigenvalue weighted by Gasteiger charge is -2.36. The first kappa shape index (κ1) is 77.0. The maximum Gasteiger partial charge on any atom is 0.472 e. The quantitative estimate of drug-likeness (QED) is 0.0101. The summed E-state index contributed by atoms with van der Waals surface area (Å²) in [5, 5.41) is 29.5. The topological polar surface area (TPSA) is 247 Å². The zero-order valence-corrected chi connectivity index (χ0v) is 57.0. The van der Waals surface area contributed by atoms with Crippen molar-refractivity contribution in [2.75, 3.05) is 38.3 Å². The Hall–Kier alpha value is -5.46. The van der Waals surface area contributed by atoms with E-state index in [1.165, 1.54) is 172 Å². The minimum absolute atomic E-state index is 0.0683. The van der Waals surface area contributed by atoms with Crippen LogP contribution in [-0.4, -0.2) is 88.8 Å². The summed E-state index contributed by atoms with van der Waals surface area (Å²) in [6.07, 6.45) is 35.7. The summed E-state index contributed by atoms with van der Waals surface area (Å²) >= 11 is 5.65. The zero-order valence-electron chi connectivity index (χ0n) is 55.2. The van der Waals surface area contributed by atoms with Crippen molar-refractivity contribution in [1.82, 2.24) is 10.6 Å². The highest BCUT2D eigenvalue weighted by Crippen LogP contribution is 2.57. The number of hydrogen-bond acceptors (Lipinski definition) is 15. The van der Waals surface area contributed by atoms with E-state index in [9.17, 15) is 38.8 Å². The Bertz CT molecular complexity index is 2600. The lowest BCUT2D eigenvalue weighted by atomic mass is 9.77. The summed E-state index contributed by atoms with van der Waals surface area (Å²) in [5.41, 5.74) is -0.224. The Balaban J connectivity index is 0.00000565. The number of phenolic OH excluding ortho intramolecular Hbond substituents is 2. The largest absolute Gasteiger partial charge is 0.508 e. The summed E-state index contributed by atoms with van der Waals surface area (Å²) in [7, 11) is -4.74. The molecule has 3 aromatic rings. The molecule has 2 heterocycles. The van der Waals surface area contributed by atoms with Gasteiger partial charge in [0.2, 0.25) is 0 Å². The van der Waals surface area contributed by atoms with Crippen LogP contribution in [0.2, 0.25) is 0 Å². The normalized spacial score (nSPS) is 13.7. The van der Waals surface area contributed by atoms with E-state index >= 15 is 0 Å². The van der Waals surface area contributed by atoms with Gasteiger partial charge in [0.25, 0.3) is 0 Å². The smallest absolute Gasteiger partial charge is 0.472 e. The minimum atomic E-state index is -4.74. The number of phosphoric acid groups is 1. The average molecular weight is 1300 g/mol. The number of hydrogen-bond donors (Lipinski definition) is 6. The first-order valence-corrected chi connectivity index (χ1v) is 36.0. The molecule has 5 rings (SSSR count). The number of rotatable bonds is 46. The second-order valence-electron chi connectivity index (χ2n) is 24.8. The molecule has 2 aliphatic rings. The molecule has 0 radical (unpaired) electrons. The average Bonchev–Trinajstić information content (AvgIpc) is 1.45. The molecule has 0 fully saturated rings. The SMILES string of the molecule is CCC.CCCCCCCCCCCCCCCCCC(=O)OC[C@H](COP(=O)(O)OCCNC(=O)OCC(C)(C)NC(=S)Nc1ccc2c(c1)C1(OC2=O)c2ccc(O)cc2Oc2cc(O)ccc21)OC(=O)CCCCCCCCCCCCCCCCC. The molecule has 2 aliphatic heterocycles. The van der Waals surface area contributed by atoms with Gasteiger partial charge in [-0.15, -0.1) is 0 Å². The minimum Gasteiger partial charge on any atom is -0.508 e. The van der Waals surface area contributed by atoms with Crippen LogP contribution in [0.4, 0.5) is 10.5 Å². The van der Waals surface area contributed by atoms with Crippen LogP contribution < -0.4 is 20.7 Å². The number of alkyl carbamates (subject to hydrolysis) is 1. The van der Waals surface area contributed by atoms with E-state index in [-0.39, 0.29) is 60.7 Å². The number of phosphoric ester groups is 1. The third-order valence-electron chi connectivity index (χ3n) is 15.8. The van der Waals surface area contributed by atoms with Gasteiger partial charge in [-0.1, -0.05) is 214 Å². The van der Waals surface area contributed by atoms with Crippen molar-refractivity contribution in [1.29, 1.82) is 0 Å². The highest BCUT2D eigenvalue weighted by atomic mass is 32.1. The highest BCUT2D eigenvalue weighted by Gasteiger charge is 2.54. The van der Waals surface area contributed by atoms with Crippen LogP contribution >= 0.6 is 20.0 Å². The summed E-state index contributed by atoms with van der Waals surface area (Å²) < 4.78 is 52.1. The van der Waals surface area contributed by atoms with Crippen LogP contribution in [0.5, 0.6) is 23.0 Å². The Morgan fingerprint density at radius 3 is 1.53 bits per heavy atom. The van der Waals surface area contributed by atoms with Crippen molar-refractivity contribution >= 4 is 54.8 Å². The molecule has 0 aromatic heterocycles. The second-order valence-corrected chi connectivity index (χ2v) is 26.6. The molecule has 0 saturated carbocycles. The van der Waals surface area contributed by atoms with E-state index in [4.69, 9.17) is 44.9 Å². The van der Waals surface area contributed by atoms with E-state index < -0.39 is 62.3 Å². The molecule has 1 unspecified atom stereocenters. The maximum absolute atomic E-state index is 13.4. The number of phenols is 2. The number of unbranched alkanes of at least 4 members (excludes halogenated alkanes) is 28. The van der Waals surface area contributed by atoms with Crippen molar-refractivity contribution in [3.63, 3.8) is 0 Å². The number of carbonyl (C=O) groups is 4. The van der Waals surface area contributed by atoms with Gasteiger partial charge >= 0.3 is 31.8 Å². The van der Waals surface area contributed by atoms with Gasteiger partial charge in [0.05, 0.1) is 24.3 Å². The Kier molecular flexibility index (Phi) is 37.1. The molecule has 3 aromatic carbocycles. The fourth-order valence-electron chi connectivity index (χ4n) is 11.0. The first-order valence-electron chi connectivity index (χ1n) is 34.1. The lowest BCUT2D eigenvalue weighted by molar-refractivity contribution is -0.161. The van der Waals surface area contributed by atoms with Gasteiger partial charge in [-0.3, -0.25) is 18.6 Å². The summed E-state index contributed by atoms with van der Waals surface area (Å²) in [6.45, 7) is 10.5. The number of nitrogens with one attached hydrogen (secondary N) is 3. The van der Waals surface area contributed by atoms with Gasteiger partial charge in [-0.05, 0) is 81.4 Å². The summed E-state index contributed by atoms with van der Waals surface area (Å²) in [6, 6.07) is 14.0. The van der Waals surface area contributed by atoms with E-state index in [1.807, 2.05) is 0 Å². The number of fused-ring (bicyclic) bond motifs is 6. The van der Waals surface area contributed by atoms with Crippen molar-refractivity contribution in [3.05, 3.63) is 76.9 Å². The monoisotopic (exact) mass is 1300 g/mol. The highest BCUT2D eigenvalue weighted by molar-refractivity contribution is 7.80. The summed E-state index contributed by atoms with van der Waals surface area (Å²) in [4.78, 5) is 62.5. The van der Waals surface area contributed by atoms with Crippen LogP contribution in [0, 0.1) is 0 Å². The van der Waals surface area contributed by atoms with Crippen molar-refractivity contribution in [2.45, 2.75) is 271 Å². The summed E-state index contributed by atoms with van der Waals surface area (Å²) in [5.74, 6) is -1.22. The standard InChI is InChI=1S/C67H102N3O15PS.C3H8/c1-5-7-9-11-13-15-17-19-21-23-25-27-29-31-33-35-61(73)79-48-54(83-62(74)36-34-32-30-28-26-24-22-20-18-16-14-12-10-8-6-2)49-82-86(77,78)81-44-43-68-65(76)80-50-66(3,4)70-64(87)69-51-37-40-55-58(45-51)67(85-63(55)75)56-41-38-52(71)46-59(56)84-60-47-53(72)39-42-57(60)67;1-3-2/h37-42,45-47,54,71-72H,5-36,43-44,48-50H2,1-4H3,(H,68,76)(H,77,78)(H2,69,70,87);3H2,1-2H3/t54-;/m1./s1. The number of carbonyl (C=O) groups excluding carboxylic acids is 4. The third kappa shape index (κ3) is 29.4. The molecule has 0 aliphatic carbocycles. The molecule has 1 amide bonds. The predicted octanol–water partition coefficient (Wildman–Crippen LogP) is 18.0. The molecule has 2 atom stereocenters. The third-order valence-corrected chi connectivity index (χ3v) is 17.0. The van der Waals surface area contributed by atoms with Gasteiger partial charge in [0.15, 0.2) is 16.8 Å². The van der Waals surface area contributed by atoms with Crippen LogP contribution in [0.3, 0.4) is 0 Å². The molecular weight excluding hydrogens is 1190 g/mol. The number of ether oxygens (including phenoxy) is 5. The van der Waals surface area contributed by atoms with Crippen molar-refractivity contribution in [2.24, 2.45) is 0 Å². The van der Waals surface area contributed by atoms with Crippen LogP contribution in [0.1, 0.15) is 280 Å². The van der Waals surface area contributed by atoms with Crippen LogP contribution in [0.25, 0.3) is 0 Å². The van der Waals surface area contributed by atoms with Gasteiger partial charge in [-0.25, -0.2) is 14.2 Å². The number of amides is 1. The molecule has 90 heavy (non-hydrogen) atoms. The predicted molar refractivity (Wildman–Crippen MR) is 358 cm³/mol. The van der Waals surface area contributed by atoms with E-state index in [0.717, 1.165) is 38.5 Å². The lowest BCUT2D eigenvalue weighted by Crippen LogP contribution is -2.49. The molecule has 506 valence electrons. The molecule has 0 bridgehead atoms. The number of esters is 3. The molecule has 18 nitrogen and oxygen atoms in total. The van der Waals surface area contributed by atoms with Crippen LogP contribution in [0.15, 0.2) is 54.6 Å². The number of benzene rings is 3. The Morgan fingerprint density at radius 1 is 0.600 bits per heavy atom. The molecule has 0 saturated heterocycles. The van der Waals surface area contributed by atoms with Crippen molar-refractivity contribution in [3.8, 4) is 23.0 Å². The Labute approximate surface area is 543 Å². The van der Waals surface area contributed by atoms with Gasteiger partial charge in [0.1, 0.15) is 36.2 Å². The van der Waals surface area contributed by atoms with E-state index in [1.54, 1.807) is 44.2 Å². The zero-order chi connectivity index (χ0) is 65.5. The van der Waals surface area contributed by atoms with E-state index in [2.05, 4.69) is 43.6 Å². The van der Waals surface area contributed by atoms with Crippen molar-refractivity contribution < 1.29 is 71.6 Å². The Morgan fingerprint density at radius 2 is 1.06 bits per heavy atom. The molecule has 20 heteroatoms. The van der Waals surface area contributed by atoms with E-state index in [0.29, 0.717) is 40.8 Å². The fourth-order valence-corrected chi connectivity index (χ4v) is 12.2. The maximum atomic E-state index is 13.4. The fraction of sp³-hybridized carbons (Fsp3) is 0.671. The number of aromatic hydroxyl groups is 2. The number of anilines is 1. The second kappa shape index (κ2) is 43.4. The molecule has 6 N–H and O–H groups in total. The number of thiocarbonyl (C=S) groups is 1. The first-order chi connectivity index (χ1) is 43.4. The van der Waals surface area contributed by atoms with Crippen LogP contribution in [-0.2, 0) is 47.8 Å². The molecular formula is C70H110N3O15PS. The van der Waals surface area contributed by atoms with Gasteiger partial charge < -0.3 is 54.7 Å². The van der Waals surface area contributed by atoms with Gasteiger partial charge in [-0.2, -0.15) is 0 Å². The molecule has 1 spiro atoms.